The van der Waals surface area contributed by atoms with Crippen molar-refractivity contribution in [2.75, 3.05) is 0 Å². The topological polar surface area (TPSA) is 18.5 Å². The molecule has 0 N–H and O–H groups in total. The first-order chi connectivity index (χ1) is 18.9. The summed E-state index contributed by atoms with van der Waals surface area (Å²) in [4.78, 5) is 0. The average molecular weight is 597 g/mol. The summed E-state index contributed by atoms with van der Waals surface area (Å²) in [5, 5.41) is 0. The van der Waals surface area contributed by atoms with Gasteiger partial charge < -0.3 is 9.47 Å². The number of allylic oxidation sites excluding steroid dienone is 6. The van der Waals surface area contributed by atoms with Crippen LogP contribution in [0.2, 0.25) is 0 Å². The van der Waals surface area contributed by atoms with Crippen LogP contribution in [0.5, 0.6) is 0 Å². The summed E-state index contributed by atoms with van der Waals surface area (Å²) >= 11 is 0. The second-order valence-electron chi connectivity index (χ2n) is 10.5. The molecule has 0 fully saturated rings. The number of rotatable bonds is 18. The van der Waals surface area contributed by atoms with Crippen molar-refractivity contribution in [2.24, 2.45) is 23.7 Å². The Balaban J connectivity index is -0.000000998. The third kappa shape index (κ3) is 27.6. The highest BCUT2D eigenvalue weighted by Crippen LogP contribution is 2.35. The molecule has 0 bridgehead atoms. The molecule has 0 aromatic heterocycles. The van der Waals surface area contributed by atoms with Gasteiger partial charge in [-0.15, -0.1) is 26.3 Å². The molecule has 2 nitrogen and oxygen atoms in total. The van der Waals surface area contributed by atoms with E-state index in [9.17, 15) is 26.3 Å². The SMILES string of the molecule is C/C=C\C.C=CCCCC(C)C.C=CCCCC(C)C(C)CCC(C)C(F)(F)OC(=C)/C=C(\F)C(=C)OC(F)(F)F. The van der Waals surface area contributed by atoms with Gasteiger partial charge >= 0.3 is 12.5 Å². The molecule has 240 valence electrons. The molecule has 3 atom stereocenters. The molecule has 0 spiro atoms. The third-order valence-corrected chi connectivity index (χ3v) is 6.25. The van der Waals surface area contributed by atoms with Gasteiger partial charge in [0, 0.05) is 6.08 Å². The first-order valence-electron chi connectivity index (χ1n) is 14.2. The fourth-order valence-corrected chi connectivity index (χ4v) is 3.22. The monoisotopic (exact) mass is 596 g/mol. The quantitative estimate of drug-likeness (QED) is 0.0515. The molecule has 0 amide bonds. The summed E-state index contributed by atoms with van der Waals surface area (Å²) in [6.45, 7) is 27.0. The van der Waals surface area contributed by atoms with Gasteiger partial charge in [0.1, 0.15) is 5.76 Å². The average Bonchev–Trinajstić information content (AvgIpc) is 2.86. The Morgan fingerprint density at radius 3 is 1.61 bits per heavy atom. The van der Waals surface area contributed by atoms with E-state index < -0.39 is 35.7 Å². The van der Waals surface area contributed by atoms with Crippen molar-refractivity contribution in [3.8, 4) is 0 Å². The number of ether oxygens (including phenoxy) is 2. The van der Waals surface area contributed by atoms with Crippen LogP contribution in [-0.2, 0) is 9.47 Å². The molecule has 0 aliphatic carbocycles. The second kappa shape index (κ2) is 24.2. The predicted molar refractivity (Wildman–Crippen MR) is 161 cm³/mol. The predicted octanol–water partition coefficient (Wildman–Crippen LogP) is 12.6. The van der Waals surface area contributed by atoms with Crippen molar-refractivity contribution in [3.63, 3.8) is 0 Å². The van der Waals surface area contributed by atoms with Crippen LogP contribution in [0.1, 0.15) is 99.8 Å². The standard InChI is InChI=1S/C21H30F6O2.C8H16.C4H8/c1-7-8-9-10-14(2)15(3)11-12-16(4)20(23,24)28-17(5)13-19(22)18(6)29-21(25,26)27;1-4-5-6-7-8(2)3;1-3-4-2/h7,13-16H,1,5-6,8-12H2,2-4H3;4,8H,1,5-7H2,2-3H3;3-4H,1-2H3/b19-13-;;4-3-. The first kappa shape index (κ1) is 43.1. The lowest BCUT2D eigenvalue weighted by Gasteiger charge is -2.27. The molecule has 41 heavy (non-hydrogen) atoms. The lowest BCUT2D eigenvalue weighted by atomic mass is 9.85. The molecule has 0 aliphatic rings. The molecule has 3 unspecified atom stereocenters. The zero-order chi connectivity index (χ0) is 32.6. The molecular weight excluding hydrogens is 542 g/mol. The van der Waals surface area contributed by atoms with E-state index in [0.29, 0.717) is 12.3 Å². The Morgan fingerprint density at radius 2 is 1.20 bits per heavy atom. The number of alkyl halides is 5. The van der Waals surface area contributed by atoms with E-state index >= 15 is 0 Å². The minimum absolute atomic E-state index is 0.156. The van der Waals surface area contributed by atoms with E-state index in [0.717, 1.165) is 25.2 Å². The van der Waals surface area contributed by atoms with Crippen LogP contribution in [0.25, 0.3) is 0 Å². The maximum Gasteiger partial charge on any atom is 0.573 e. The van der Waals surface area contributed by atoms with E-state index in [2.05, 4.69) is 56.6 Å². The molecule has 0 aromatic carbocycles. The Bertz CT molecular complexity index is 777. The second-order valence-corrected chi connectivity index (χ2v) is 10.5. The van der Waals surface area contributed by atoms with E-state index in [1.807, 2.05) is 45.1 Å². The first-order valence-corrected chi connectivity index (χ1v) is 14.2. The van der Waals surface area contributed by atoms with Gasteiger partial charge in [0.05, 0.1) is 5.92 Å². The van der Waals surface area contributed by atoms with Gasteiger partial charge in [-0.3, -0.25) is 0 Å². The minimum Gasteiger partial charge on any atom is -0.433 e. The van der Waals surface area contributed by atoms with Crippen molar-refractivity contribution < 1.29 is 35.8 Å². The molecule has 8 heteroatoms. The zero-order valence-electron chi connectivity index (χ0n) is 26.3. The molecule has 0 rings (SSSR count). The van der Waals surface area contributed by atoms with Gasteiger partial charge in [-0.2, -0.15) is 8.78 Å². The molecule has 0 heterocycles. The molecule has 0 aliphatic heterocycles. The summed E-state index contributed by atoms with van der Waals surface area (Å²) in [6.07, 6.45) is 6.69. The summed E-state index contributed by atoms with van der Waals surface area (Å²) in [6, 6.07) is 0. The summed E-state index contributed by atoms with van der Waals surface area (Å²) < 4.78 is 85.7. The Kier molecular flexibility index (Phi) is 25.5. The molecule has 0 aromatic rings. The van der Waals surface area contributed by atoms with Gasteiger partial charge in [-0.25, -0.2) is 4.39 Å². The van der Waals surface area contributed by atoms with Crippen LogP contribution >= 0.6 is 0 Å². The molecule has 0 saturated heterocycles. The van der Waals surface area contributed by atoms with Crippen LogP contribution < -0.4 is 0 Å². The van der Waals surface area contributed by atoms with Crippen molar-refractivity contribution in [2.45, 2.75) is 112 Å². The maximum atomic E-state index is 14.2. The fraction of sp³-hybridized carbons (Fsp3) is 0.636. The largest absolute Gasteiger partial charge is 0.573 e. The van der Waals surface area contributed by atoms with Crippen LogP contribution in [0.3, 0.4) is 0 Å². The minimum atomic E-state index is -5.15. The molecular formula is C33H54F6O2. The van der Waals surface area contributed by atoms with E-state index in [4.69, 9.17) is 0 Å². The van der Waals surface area contributed by atoms with Crippen molar-refractivity contribution >= 4 is 0 Å². The fourth-order valence-electron chi connectivity index (χ4n) is 3.22. The lowest BCUT2D eigenvalue weighted by Crippen LogP contribution is -2.29. The number of halogens is 6. The smallest absolute Gasteiger partial charge is 0.433 e. The van der Waals surface area contributed by atoms with Gasteiger partial charge in [-0.1, -0.05) is 84.9 Å². The Morgan fingerprint density at radius 1 is 0.732 bits per heavy atom. The van der Waals surface area contributed by atoms with Crippen LogP contribution in [0.15, 0.2) is 74.0 Å². The van der Waals surface area contributed by atoms with Gasteiger partial charge in [0.2, 0.25) is 0 Å². The Hall–Kier alpha value is -2.38. The molecule has 0 radical (unpaired) electrons. The van der Waals surface area contributed by atoms with Gasteiger partial charge in [0.25, 0.3) is 0 Å². The summed E-state index contributed by atoms with van der Waals surface area (Å²) in [7, 11) is 0. The number of hydrogen-bond acceptors (Lipinski definition) is 2. The highest BCUT2D eigenvalue weighted by Gasteiger charge is 2.39. The number of unbranched alkanes of at least 4 members (excludes halogenated alkanes) is 2. The lowest BCUT2D eigenvalue weighted by molar-refractivity contribution is -0.304. The van der Waals surface area contributed by atoms with Gasteiger partial charge in [-0.05, 0) is 70.1 Å². The summed E-state index contributed by atoms with van der Waals surface area (Å²) in [5.41, 5.74) is 0. The van der Waals surface area contributed by atoms with E-state index in [1.165, 1.54) is 26.2 Å². The maximum absolute atomic E-state index is 14.2. The van der Waals surface area contributed by atoms with Crippen molar-refractivity contribution in [1.82, 2.24) is 0 Å². The highest BCUT2D eigenvalue weighted by atomic mass is 19.4. The highest BCUT2D eigenvalue weighted by molar-refractivity contribution is 5.23. The van der Waals surface area contributed by atoms with Crippen LogP contribution in [-0.4, -0.2) is 12.5 Å². The van der Waals surface area contributed by atoms with E-state index in [1.54, 1.807) is 0 Å². The van der Waals surface area contributed by atoms with Crippen LogP contribution in [0, 0.1) is 23.7 Å². The number of hydrogen-bond donors (Lipinski definition) is 0. The third-order valence-electron chi connectivity index (χ3n) is 6.25. The molecule has 0 saturated carbocycles. The van der Waals surface area contributed by atoms with Crippen molar-refractivity contribution in [3.05, 3.63) is 74.0 Å². The van der Waals surface area contributed by atoms with Crippen LogP contribution in [0.4, 0.5) is 26.3 Å². The van der Waals surface area contributed by atoms with E-state index in [-0.39, 0.29) is 18.4 Å². The Labute approximate surface area is 246 Å². The van der Waals surface area contributed by atoms with Crippen molar-refractivity contribution in [1.29, 1.82) is 0 Å². The van der Waals surface area contributed by atoms with Gasteiger partial charge in [0.15, 0.2) is 11.6 Å². The normalized spacial score (nSPS) is 14.1. The zero-order valence-corrected chi connectivity index (χ0v) is 26.3. The summed E-state index contributed by atoms with van der Waals surface area (Å²) in [5.74, 6) is -3.58.